The van der Waals surface area contributed by atoms with Gasteiger partial charge in [0.15, 0.2) is 0 Å². The highest BCUT2D eigenvalue weighted by Crippen LogP contribution is 2.67. The third kappa shape index (κ3) is 12.3. The molecule has 680 valence electrons. The predicted molar refractivity (Wildman–Crippen MR) is 612 cm³/mol. The molecule has 4 aromatic heterocycles. The lowest BCUT2D eigenvalue weighted by Gasteiger charge is -2.39. The summed E-state index contributed by atoms with van der Waals surface area (Å²) in [6, 6.07) is 201. The summed E-state index contributed by atoms with van der Waals surface area (Å²) in [5.74, 6) is 0. The van der Waals surface area contributed by atoms with Gasteiger partial charge in [-0.15, -0.1) is 11.3 Å². The zero-order valence-corrected chi connectivity index (χ0v) is 80.3. The highest BCUT2D eigenvalue weighted by atomic mass is 32.1. The number of aromatic nitrogens is 3. The minimum atomic E-state index is -0.591. The molecule has 4 aliphatic rings. The molecule has 0 bridgehead atoms. The molecule has 31 rings (SSSR count). The van der Waals surface area contributed by atoms with E-state index in [0.29, 0.717) is 0 Å². The minimum Gasteiger partial charge on any atom is -0.309 e. The highest BCUT2D eigenvalue weighted by molar-refractivity contribution is 7.25. The number of thiophene rings is 1. The monoisotopic (exact) mass is 1870 g/mol. The Morgan fingerprint density at radius 1 is 0.171 bits per heavy atom. The van der Waals surface area contributed by atoms with Crippen molar-refractivity contribution in [2.24, 2.45) is 0 Å². The van der Waals surface area contributed by atoms with Crippen LogP contribution in [-0.2, 0) is 10.8 Å². The predicted octanol–water partition coefficient (Wildman–Crippen LogP) is 37.3. The fraction of sp³-hybridized carbons (Fsp3) is 0.0143. The Labute approximate surface area is 849 Å². The van der Waals surface area contributed by atoms with E-state index in [1.807, 2.05) is 11.3 Å². The molecule has 5 nitrogen and oxygen atoms in total. The van der Waals surface area contributed by atoms with Crippen molar-refractivity contribution >= 4 is 131 Å². The highest BCUT2D eigenvalue weighted by Gasteiger charge is 2.54. The van der Waals surface area contributed by atoms with Gasteiger partial charge in [0.2, 0.25) is 0 Å². The Morgan fingerprint density at radius 3 is 0.952 bits per heavy atom. The van der Waals surface area contributed by atoms with Crippen molar-refractivity contribution in [3.05, 3.63) is 584 Å². The van der Waals surface area contributed by atoms with Crippen LogP contribution >= 0.6 is 11.3 Å². The van der Waals surface area contributed by atoms with Crippen LogP contribution in [-0.4, -0.2) is 13.7 Å². The maximum absolute atomic E-state index is 2.53. The standard InChI is InChI=1S/C73H47N3.C67H42N2S/c1-2-19-48(20-3-1)49-39-41-51(42-40-49)55-23-5-11-33-65(55)74(53-45-43-50(44-46-53)52-21-16-22-54(47-52)75-66-34-12-6-24-56(66)57-25-7-13-35-67(57)75)70-38-18-31-63-71(70)60-27-4-9-29-61(60)73(63)62-30-10-15-37-69(62)76-68-36-14-8-26-58(68)59-28-17-32-64(73)72(59)76;1-2-16-43(17-3-1)44-32-34-46(35-33-44)49-18-5-10-27-59(49)68(48-39-36-45(37-40-48)47-38-41-52-51-20-7-13-31-63(51)70-64(52)42-47)62-30-15-25-57-65(62)54-21-4-8-23-55(54)67(57)56-24-9-12-29-61(56)69-60-28-11-6-19-50(60)53-22-14-26-58(67)66(53)69/h1-47H;1-42H. The van der Waals surface area contributed by atoms with E-state index in [9.17, 15) is 0 Å². The van der Waals surface area contributed by atoms with Gasteiger partial charge in [0, 0.05) is 91.8 Å². The SMILES string of the molecule is c1ccc(-c2ccc(-c3ccccc3N(c3ccc(-c4ccc5c(c4)sc4ccccc45)cc3)c3cccc4c3-c3ccccc3C43c4ccccc4-n4c5ccccc5c5cccc3c54)cc2)cc1.c1ccc(-c2ccc(-c3ccccc3N(c3ccc(-c4cccc(-n5c6ccccc6c6ccccc65)c4)cc3)c3cccc4c3-c3ccccc3C43c4ccccc4-n4c5ccccc5c5cccc3c54)cc2)cc1. The summed E-state index contributed by atoms with van der Waals surface area (Å²) in [6.07, 6.45) is 0. The maximum Gasteiger partial charge on any atom is 0.0755 e. The summed E-state index contributed by atoms with van der Waals surface area (Å²) >= 11 is 1.87. The summed E-state index contributed by atoms with van der Waals surface area (Å²) in [4.78, 5) is 5.06. The number of hydrogen-bond acceptors (Lipinski definition) is 3. The number of hydrogen-bond donors (Lipinski definition) is 0. The Balaban J connectivity index is 0.000000136. The Hall–Kier alpha value is -18.7. The molecule has 0 fully saturated rings. The van der Waals surface area contributed by atoms with E-state index in [1.54, 1.807) is 0 Å². The van der Waals surface area contributed by atoms with E-state index < -0.39 is 10.8 Å². The number of para-hydroxylation sites is 10. The van der Waals surface area contributed by atoms with Gasteiger partial charge in [0.25, 0.3) is 0 Å². The van der Waals surface area contributed by atoms with Crippen LogP contribution in [0.3, 0.4) is 0 Å². The molecule has 6 heterocycles. The average Bonchev–Trinajstić information content (AvgIpc) is 1.50. The summed E-state index contributed by atoms with van der Waals surface area (Å²) in [6.45, 7) is 0. The first-order chi connectivity index (χ1) is 72.5. The van der Waals surface area contributed by atoms with Gasteiger partial charge < -0.3 is 23.5 Å². The summed E-state index contributed by atoms with van der Waals surface area (Å²) in [5.41, 5.74) is 46.1. The lowest BCUT2D eigenvalue weighted by atomic mass is 9.65. The normalized spacial score (nSPS) is 14.2. The largest absolute Gasteiger partial charge is 0.309 e. The van der Waals surface area contributed by atoms with E-state index in [1.165, 1.54) is 203 Å². The molecule has 0 N–H and O–H groups in total. The van der Waals surface area contributed by atoms with Crippen LogP contribution in [0.5, 0.6) is 0 Å². The lowest BCUT2D eigenvalue weighted by Crippen LogP contribution is -2.33. The summed E-state index contributed by atoms with van der Waals surface area (Å²) in [5, 5.41) is 10.3. The van der Waals surface area contributed by atoms with Gasteiger partial charge in [-0.05, 0) is 220 Å². The number of anilines is 6. The second-order valence-electron chi connectivity index (χ2n) is 39.0. The van der Waals surface area contributed by atoms with E-state index in [-0.39, 0.29) is 0 Å². The molecule has 2 aliphatic heterocycles. The van der Waals surface area contributed by atoms with Crippen LogP contribution in [0.1, 0.15) is 44.5 Å². The molecule has 2 unspecified atom stereocenters. The van der Waals surface area contributed by atoms with E-state index in [2.05, 4.69) is 563 Å². The van der Waals surface area contributed by atoms with Crippen LogP contribution in [0, 0.1) is 0 Å². The Kier molecular flexibility index (Phi) is 18.8. The fourth-order valence-corrected chi connectivity index (χ4v) is 26.8. The zero-order chi connectivity index (χ0) is 95.8. The van der Waals surface area contributed by atoms with Gasteiger partial charge in [0.05, 0.1) is 78.1 Å². The van der Waals surface area contributed by atoms with Crippen LogP contribution in [0.2, 0.25) is 0 Å². The Bertz CT molecular complexity index is 9960. The second-order valence-corrected chi connectivity index (χ2v) is 40.1. The smallest absolute Gasteiger partial charge is 0.0755 e. The molecule has 2 aliphatic carbocycles. The van der Waals surface area contributed by atoms with Crippen molar-refractivity contribution in [1.82, 2.24) is 13.7 Å². The number of benzene rings is 23. The van der Waals surface area contributed by atoms with Crippen LogP contribution in [0.4, 0.5) is 34.1 Å². The average molecular weight is 1870 g/mol. The second kappa shape index (κ2) is 32.9. The molecular formula is C140H89N5S. The van der Waals surface area contributed by atoms with Crippen molar-refractivity contribution in [1.29, 1.82) is 0 Å². The molecule has 6 heteroatoms. The van der Waals surface area contributed by atoms with Crippen molar-refractivity contribution in [3.63, 3.8) is 0 Å². The first-order valence-electron chi connectivity index (χ1n) is 50.5. The molecule has 2 spiro atoms. The first-order valence-corrected chi connectivity index (χ1v) is 51.3. The molecule has 0 radical (unpaired) electrons. The van der Waals surface area contributed by atoms with Gasteiger partial charge in [-0.25, -0.2) is 0 Å². The van der Waals surface area contributed by atoms with Crippen molar-refractivity contribution in [2.45, 2.75) is 10.8 Å². The van der Waals surface area contributed by atoms with Crippen molar-refractivity contribution in [3.8, 4) is 106 Å². The molecule has 2 atom stereocenters. The third-order valence-corrected chi connectivity index (χ3v) is 32.9. The van der Waals surface area contributed by atoms with Crippen LogP contribution in [0.25, 0.3) is 192 Å². The van der Waals surface area contributed by atoms with Gasteiger partial charge in [-0.3, -0.25) is 0 Å². The van der Waals surface area contributed by atoms with Gasteiger partial charge in [-0.1, -0.05) is 431 Å². The molecule has 0 amide bonds. The molecule has 146 heavy (non-hydrogen) atoms. The molecule has 27 aromatic rings. The number of fused-ring (bicyclic) bond motifs is 30. The third-order valence-electron chi connectivity index (χ3n) is 31.7. The lowest BCUT2D eigenvalue weighted by molar-refractivity contribution is 0.748. The fourth-order valence-electron chi connectivity index (χ4n) is 25.7. The zero-order valence-electron chi connectivity index (χ0n) is 79.5. The van der Waals surface area contributed by atoms with Gasteiger partial charge >= 0.3 is 0 Å². The maximum atomic E-state index is 2.53. The number of nitrogens with zero attached hydrogens (tertiary/aromatic N) is 5. The van der Waals surface area contributed by atoms with Crippen LogP contribution in [0.15, 0.2) is 540 Å². The van der Waals surface area contributed by atoms with E-state index in [0.717, 1.165) is 67.6 Å². The topological polar surface area (TPSA) is 21.3 Å². The summed E-state index contributed by atoms with van der Waals surface area (Å²) < 4.78 is 10.1. The van der Waals surface area contributed by atoms with E-state index >= 15 is 0 Å². The van der Waals surface area contributed by atoms with Gasteiger partial charge in [0.1, 0.15) is 0 Å². The van der Waals surface area contributed by atoms with E-state index in [4.69, 9.17) is 0 Å². The number of rotatable bonds is 13. The molecule has 0 saturated carbocycles. The van der Waals surface area contributed by atoms with Crippen molar-refractivity contribution < 1.29 is 0 Å². The minimum absolute atomic E-state index is 0.573. The summed E-state index contributed by atoms with van der Waals surface area (Å²) in [7, 11) is 0. The van der Waals surface area contributed by atoms with Crippen LogP contribution < -0.4 is 9.80 Å². The molecule has 0 saturated heterocycles. The molecule has 23 aromatic carbocycles. The molecular weight excluding hydrogens is 1780 g/mol. The van der Waals surface area contributed by atoms with Crippen molar-refractivity contribution in [2.75, 3.05) is 9.80 Å². The first kappa shape index (κ1) is 83.1. The van der Waals surface area contributed by atoms with Gasteiger partial charge in [-0.2, -0.15) is 0 Å². The quantitative estimate of drug-likeness (QED) is 0.115. The Morgan fingerprint density at radius 2 is 0.473 bits per heavy atom.